The molecule has 1 aliphatic carbocycles. The molecule has 0 amide bonds. The van der Waals surface area contributed by atoms with Crippen LogP contribution in [0.15, 0.2) is 6.33 Å². The third kappa shape index (κ3) is 2.54. The molecule has 0 bridgehead atoms. The zero-order valence-electron chi connectivity index (χ0n) is 11.0. The lowest BCUT2D eigenvalue weighted by Crippen LogP contribution is -2.25. The predicted octanol–water partition coefficient (Wildman–Crippen LogP) is 2.87. The van der Waals surface area contributed by atoms with Gasteiger partial charge in [0.15, 0.2) is 0 Å². The Morgan fingerprint density at radius 1 is 1.35 bits per heavy atom. The SMILES string of the molecule is CCCC(O)C(CC)n1cnc2c1CCCC2. The molecule has 2 atom stereocenters. The first-order chi connectivity index (χ1) is 8.27. The fourth-order valence-electron chi connectivity index (χ4n) is 2.92. The second-order valence-electron chi connectivity index (χ2n) is 5.08. The van der Waals surface area contributed by atoms with Crippen LogP contribution in [0.2, 0.25) is 0 Å². The summed E-state index contributed by atoms with van der Waals surface area (Å²) in [5, 5.41) is 10.2. The predicted molar refractivity (Wildman–Crippen MR) is 69.1 cm³/mol. The number of aromatic nitrogens is 2. The molecule has 0 saturated carbocycles. The van der Waals surface area contributed by atoms with E-state index in [0.717, 1.165) is 32.1 Å². The van der Waals surface area contributed by atoms with E-state index < -0.39 is 0 Å². The average Bonchev–Trinajstić information content (AvgIpc) is 2.75. The summed E-state index contributed by atoms with van der Waals surface area (Å²) in [6.07, 6.45) is 9.38. The summed E-state index contributed by atoms with van der Waals surface area (Å²) in [5.41, 5.74) is 2.64. The van der Waals surface area contributed by atoms with Gasteiger partial charge in [-0.3, -0.25) is 0 Å². The molecule has 96 valence electrons. The summed E-state index contributed by atoms with van der Waals surface area (Å²) in [6, 6.07) is 0.212. The summed E-state index contributed by atoms with van der Waals surface area (Å²) < 4.78 is 2.24. The van der Waals surface area contributed by atoms with Crippen molar-refractivity contribution in [1.82, 2.24) is 9.55 Å². The Morgan fingerprint density at radius 2 is 2.12 bits per heavy atom. The van der Waals surface area contributed by atoms with Crippen molar-refractivity contribution in [2.24, 2.45) is 0 Å². The lowest BCUT2D eigenvalue weighted by molar-refractivity contribution is 0.0987. The first-order valence-electron chi connectivity index (χ1n) is 7.00. The molecule has 0 radical (unpaired) electrons. The standard InChI is InChI=1S/C14H24N2O/c1-3-7-14(17)12(4-2)16-10-15-11-8-5-6-9-13(11)16/h10,12,14,17H,3-9H2,1-2H3. The maximum absolute atomic E-state index is 10.2. The van der Waals surface area contributed by atoms with Gasteiger partial charge in [0.05, 0.1) is 24.2 Å². The quantitative estimate of drug-likeness (QED) is 0.853. The van der Waals surface area contributed by atoms with E-state index >= 15 is 0 Å². The summed E-state index contributed by atoms with van der Waals surface area (Å²) in [5.74, 6) is 0. The van der Waals surface area contributed by atoms with E-state index in [1.54, 1.807) is 0 Å². The number of fused-ring (bicyclic) bond motifs is 1. The smallest absolute Gasteiger partial charge is 0.0955 e. The maximum Gasteiger partial charge on any atom is 0.0955 e. The molecular formula is C14H24N2O. The molecule has 2 rings (SSSR count). The zero-order chi connectivity index (χ0) is 12.3. The second-order valence-corrected chi connectivity index (χ2v) is 5.08. The van der Waals surface area contributed by atoms with Crippen molar-refractivity contribution in [1.29, 1.82) is 0 Å². The highest BCUT2D eigenvalue weighted by atomic mass is 16.3. The molecule has 0 aromatic carbocycles. The van der Waals surface area contributed by atoms with Gasteiger partial charge in [0.25, 0.3) is 0 Å². The average molecular weight is 236 g/mol. The van der Waals surface area contributed by atoms with E-state index in [0.29, 0.717) is 0 Å². The largest absolute Gasteiger partial charge is 0.391 e. The number of aryl methyl sites for hydroxylation is 1. The van der Waals surface area contributed by atoms with Gasteiger partial charge in [-0.25, -0.2) is 4.98 Å². The number of aliphatic hydroxyl groups is 1. The van der Waals surface area contributed by atoms with E-state index in [9.17, 15) is 5.11 Å². The molecule has 17 heavy (non-hydrogen) atoms. The van der Waals surface area contributed by atoms with E-state index in [1.807, 2.05) is 6.33 Å². The zero-order valence-corrected chi connectivity index (χ0v) is 11.0. The van der Waals surface area contributed by atoms with E-state index in [4.69, 9.17) is 0 Å². The van der Waals surface area contributed by atoms with Gasteiger partial charge in [-0.15, -0.1) is 0 Å². The van der Waals surface area contributed by atoms with Crippen LogP contribution in [0.5, 0.6) is 0 Å². The Balaban J connectivity index is 2.21. The summed E-state index contributed by atoms with van der Waals surface area (Å²) in [6.45, 7) is 4.28. The Bertz CT molecular complexity index is 359. The Labute approximate surface area is 104 Å². The first kappa shape index (κ1) is 12.6. The van der Waals surface area contributed by atoms with Crippen LogP contribution in [0.3, 0.4) is 0 Å². The summed E-state index contributed by atoms with van der Waals surface area (Å²) in [7, 11) is 0. The molecule has 2 unspecified atom stereocenters. The molecule has 1 aromatic heterocycles. The normalized spacial score (nSPS) is 18.8. The van der Waals surface area contributed by atoms with Crippen molar-refractivity contribution in [2.45, 2.75) is 70.9 Å². The second kappa shape index (κ2) is 5.67. The fourth-order valence-corrected chi connectivity index (χ4v) is 2.92. The van der Waals surface area contributed by atoms with Gasteiger partial charge in [-0.1, -0.05) is 20.3 Å². The minimum Gasteiger partial charge on any atom is -0.391 e. The third-order valence-electron chi connectivity index (χ3n) is 3.86. The molecule has 1 N–H and O–H groups in total. The van der Waals surface area contributed by atoms with Crippen LogP contribution in [-0.4, -0.2) is 20.8 Å². The highest BCUT2D eigenvalue weighted by Gasteiger charge is 2.23. The van der Waals surface area contributed by atoms with Crippen LogP contribution in [0.1, 0.15) is 63.4 Å². The Morgan fingerprint density at radius 3 is 2.82 bits per heavy atom. The fraction of sp³-hybridized carbons (Fsp3) is 0.786. The Hall–Kier alpha value is -0.830. The van der Waals surface area contributed by atoms with E-state index in [1.165, 1.54) is 24.2 Å². The molecule has 1 heterocycles. The molecule has 0 aliphatic heterocycles. The highest BCUT2D eigenvalue weighted by molar-refractivity contribution is 5.17. The lowest BCUT2D eigenvalue weighted by atomic mass is 9.98. The van der Waals surface area contributed by atoms with Gasteiger partial charge in [-0.05, 0) is 38.5 Å². The molecule has 3 nitrogen and oxygen atoms in total. The van der Waals surface area contributed by atoms with E-state index in [-0.39, 0.29) is 12.1 Å². The molecular weight excluding hydrogens is 212 g/mol. The van der Waals surface area contributed by atoms with Gasteiger partial charge in [-0.2, -0.15) is 0 Å². The lowest BCUT2D eigenvalue weighted by Gasteiger charge is -2.26. The van der Waals surface area contributed by atoms with Gasteiger partial charge in [0, 0.05) is 5.69 Å². The number of hydrogen-bond acceptors (Lipinski definition) is 2. The van der Waals surface area contributed by atoms with Gasteiger partial charge in [0.1, 0.15) is 0 Å². The molecule has 0 saturated heterocycles. The van der Waals surface area contributed by atoms with E-state index in [2.05, 4.69) is 23.4 Å². The summed E-state index contributed by atoms with van der Waals surface area (Å²) in [4.78, 5) is 4.52. The van der Waals surface area contributed by atoms with Crippen LogP contribution in [0.25, 0.3) is 0 Å². The minimum atomic E-state index is -0.231. The van der Waals surface area contributed by atoms with Crippen molar-refractivity contribution >= 4 is 0 Å². The van der Waals surface area contributed by atoms with Crippen LogP contribution in [0, 0.1) is 0 Å². The number of rotatable bonds is 5. The van der Waals surface area contributed by atoms with Crippen molar-refractivity contribution in [3.05, 3.63) is 17.7 Å². The summed E-state index contributed by atoms with van der Waals surface area (Å²) >= 11 is 0. The number of aliphatic hydroxyl groups excluding tert-OH is 1. The first-order valence-corrected chi connectivity index (χ1v) is 7.00. The number of imidazole rings is 1. The molecule has 3 heteroatoms. The third-order valence-corrected chi connectivity index (χ3v) is 3.86. The van der Waals surface area contributed by atoms with Crippen molar-refractivity contribution in [3.63, 3.8) is 0 Å². The monoisotopic (exact) mass is 236 g/mol. The molecule has 1 aliphatic rings. The Kier molecular flexibility index (Phi) is 4.21. The van der Waals surface area contributed by atoms with Crippen LogP contribution < -0.4 is 0 Å². The van der Waals surface area contributed by atoms with Crippen LogP contribution in [0.4, 0.5) is 0 Å². The van der Waals surface area contributed by atoms with Crippen LogP contribution >= 0.6 is 0 Å². The van der Waals surface area contributed by atoms with Crippen LogP contribution in [-0.2, 0) is 12.8 Å². The van der Waals surface area contributed by atoms with Gasteiger partial charge in [0.2, 0.25) is 0 Å². The number of hydrogen-bond donors (Lipinski definition) is 1. The highest BCUT2D eigenvalue weighted by Crippen LogP contribution is 2.27. The van der Waals surface area contributed by atoms with Crippen molar-refractivity contribution in [3.8, 4) is 0 Å². The van der Waals surface area contributed by atoms with Crippen molar-refractivity contribution in [2.75, 3.05) is 0 Å². The number of nitrogens with zero attached hydrogens (tertiary/aromatic N) is 2. The van der Waals surface area contributed by atoms with Gasteiger partial charge >= 0.3 is 0 Å². The van der Waals surface area contributed by atoms with Gasteiger partial charge < -0.3 is 9.67 Å². The topological polar surface area (TPSA) is 38.0 Å². The molecule has 0 spiro atoms. The molecule has 1 aromatic rings. The molecule has 0 fully saturated rings. The van der Waals surface area contributed by atoms with Crippen molar-refractivity contribution < 1.29 is 5.11 Å². The maximum atomic E-state index is 10.2. The minimum absolute atomic E-state index is 0.212.